The highest BCUT2D eigenvalue weighted by Crippen LogP contribution is 2.36. The number of nitrogen functional groups attached to an aromatic ring is 1. The predicted octanol–water partition coefficient (Wildman–Crippen LogP) is 5.33. The van der Waals surface area contributed by atoms with Gasteiger partial charge < -0.3 is 20.3 Å². The Labute approximate surface area is 189 Å². The van der Waals surface area contributed by atoms with Crippen molar-refractivity contribution in [2.45, 2.75) is 32.8 Å². The average Bonchev–Trinajstić information content (AvgIpc) is 3.37. The van der Waals surface area contributed by atoms with E-state index in [1.165, 1.54) is 11.3 Å². The molecule has 2 aromatic carbocycles. The number of aromatic nitrogens is 1. The minimum absolute atomic E-state index is 0.0350. The summed E-state index contributed by atoms with van der Waals surface area (Å²) in [6.45, 7) is 3.56. The van der Waals surface area contributed by atoms with Gasteiger partial charge in [0.1, 0.15) is 29.1 Å². The number of amides is 1. The fraction of sp³-hybridized carbons (Fsp3) is 0.208. The van der Waals surface area contributed by atoms with Crippen LogP contribution >= 0.6 is 11.3 Å². The molecule has 2 aromatic heterocycles. The standard InChI is InChI=1S/C24H24N4O3S/c1-14-23(15(2)31-28-14)27-22(29)12-11-18(16-7-4-3-5-8-16)30-19-9-6-10-20-17(19)13-21(32-20)24(25)26/h3-10,13,18H,11-12H2,1-2H3,(H3,25,26)(H,27,29). The highest BCUT2D eigenvalue weighted by molar-refractivity contribution is 7.20. The van der Waals surface area contributed by atoms with Gasteiger partial charge in [-0.15, -0.1) is 11.3 Å². The highest BCUT2D eigenvalue weighted by Gasteiger charge is 2.19. The zero-order valence-electron chi connectivity index (χ0n) is 17.8. The van der Waals surface area contributed by atoms with Crippen molar-refractivity contribution in [2.24, 2.45) is 5.73 Å². The molecule has 0 radical (unpaired) electrons. The Kier molecular flexibility index (Phi) is 6.23. The second kappa shape index (κ2) is 9.23. The van der Waals surface area contributed by atoms with Crippen LogP contribution in [0.5, 0.6) is 5.75 Å². The lowest BCUT2D eigenvalue weighted by molar-refractivity contribution is -0.116. The molecule has 0 fully saturated rings. The van der Waals surface area contributed by atoms with E-state index in [9.17, 15) is 4.79 Å². The predicted molar refractivity (Wildman–Crippen MR) is 126 cm³/mol. The quantitative estimate of drug-likeness (QED) is 0.249. The molecule has 0 aliphatic carbocycles. The maximum atomic E-state index is 12.6. The van der Waals surface area contributed by atoms with E-state index in [2.05, 4.69) is 10.5 Å². The summed E-state index contributed by atoms with van der Waals surface area (Å²) < 4.78 is 12.5. The van der Waals surface area contributed by atoms with Crippen LogP contribution in [0.4, 0.5) is 5.69 Å². The zero-order valence-corrected chi connectivity index (χ0v) is 18.7. The second-order valence-electron chi connectivity index (χ2n) is 7.50. The summed E-state index contributed by atoms with van der Waals surface area (Å²) in [6.07, 6.45) is 0.430. The topological polar surface area (TPSA) is 114 Å². The van der Waals surface area contributed by atoms with Crippen molar-refractivity contribution < 1.29 is 14.1 Å². The Morgan fingerprint density at radius 3 is 2.69 bits per heavy atom. The van der Waals surface area contributed by atoms with Gasteiger partial charge in [0.05, 0.1) is 4.88 Å². The number of nitrogens with one attached hydrogen (secondary N) is 2. The van der Waals surface area contributed by atoms with Crippen LogP contribution < -0.4 is 15.8 Å². The maximum Gasteiger partial charge on any atom is 0.224 e. The summed E-state index contributed by atoms with van der Waals surface area (Å²) in [6, 6.07) is 17.5. The molecular formula is C24H24N4O3S. The summed E-state index contributed by atoms with van der Waals surface area (Å²) >= 11 is 1.46. The number of hydrogen-bond acceptors (Lipinski definition) is 6. The van der Waals surface area contributed by atoms with E-state index in [0.29, 0.717) is 34.2 Å². The number of anilines is 1. The number of rotatable bonds is 8. The van der Waals surface area contributed by atoms with E-state index in [0.717, 1.165) is 15.6 Å². The molecule has 1 atom stereocenters. The second-order valence-corrected chi connectivity index (χ2v) is 8.58. The number of thiophene rings is 1. The van der Waals surface area contributed by atoms with Crippen molar-refractivity contribution in [2.75, 3.05) is 5.32 Å². The molecule has 4 N–H and O–H groups in total. The minimum Gasteiger partial charge on any atom is -0.485 e. The van der Waals surface area contributed by atoms with Crippen molar-refractivity contribution in [1.29, 1.82) is 5.41 Å². The fourth-order valence-corrected chi connectivity index (χ4v) is 4.45. The van der Waals surface area contributed by atoms with Crippen LogP contribution in [-0.2, 0) is 4.79 Å². The van der Waals surface area contributed by atoms with Crippen molar-refractivity contribution in [3.05, 3.63) is 76.5 Å². The SMILES string of the molecule is Cc1noc(C)c1NC(=O)CCC(Oc1cccc2sc(C(=N)N)cc12)c1ccccc1. The Balaban J connectivity index is 1.55. The van der Waals surface area contributed by atoms with Crippen LogP contribution in [0.3, 0.4) is 0 Å². The molecule has 4 rings (SSSR count). The summed E-state index contributed by atoms with van der Waals surface area (Å²) in [5, 5.41) is 15.4. The van der Waals surface area contributed by atoms with Gasteiger partial charge in [0.25, 0.3) is 0 Å². The Hall–Kier alpha value is -3.65. The number of nitrogens with two attached hydrogens (primary N) is 1. The summed E-state index contributed by atoms with van der Waals surface area (Å²) in [5.74, 6) is 1.19. The van der Waals surface area contributed by atoms with E-state index in [1.54, 1.807) is 13.8 Å². The third kappa shape index (κ3) is 4.65. The molecule has 4 aromatic rings. The molecule has 0 aliphatic heterocycles. The Morgan fingerprint density at radius 1 is 1.22 bits per heavy atom. The van der Waals surface area contributed by atoms with Gasteiger partial charge in [-0.3, -0.25) is 10.2 Å². The largest absolute Gasteiger partial charge is 0.485 e. The summed E-state index contributed by atoms with van der Waals surface area (Å²) in [7, 11) is 0. The van der Waals surface area contributed by atoms with Crippen molar-refractivity contribution in [3.8, 4) is 5.75 Å². The molecule has 1 amide bonds. The van der Waals surface area contributed by atoms with Crippen LogP contribution in [0.1, 0.15) is 40.8 Å². The van der Waals surface area contributed by atoms with E-state index < -0.39 is 0 Å². The van der Waals surface area contributed by atoms with Gasteiger partial charge >= 0.3 is 0 Å². The summed E-state index contributed by atoms with van der Waals surface area (Å²) in [4.78, 5) is 13.3. The molecule has 32 heavy (non-hydrogen) atoms. The molecular weight excluding hydrogens is 424 g/mol. The fourth-order valence-electron chi connectivity index (χ4n) is 3.51. The first-order chi connectivity index (χ1) is 15.4. The number of amidine groups is 1. The van der Waals surface area contributed by atoms with Crippen LogP contribution in [0, 0.1) is 19.3 Å². The molecule has 0 spiro atoms. The van der Waals surface area contributed by atoms with Crippen molar-refractivity contribution >= 4 is 38.9 Å². The van der Waals surface area contributed by atoms with E-state index in [1.807, 2.05) is 54.6 Å². The van der Waals surface area contributed by atoms with Gasteiger partial charge in [0, 0.05) is 16.5 Å². The maximum absolute atomic E-state index is 12.6. The Bertz CT molecular complexity index is 1240. The molecule has 7 nitrogen and oxygen atoms in total. The normalized spacial score (nSPS) is 11.9. The van der Waals surface area contributed by atoms with Crippen LogP contribution in [0.25, 0.3) is 10.1 Å². The molecule has 0 bridgehead atoms. The third-order valence-electron chi connectivity index (χ3n) is 5.16. The van der Waals surface area contributed by atoms with Crippen LogP contribution in [-0.4, -0.2) is 16.9 Å². The lowest BCUT2D eigenvalue weighted by Crippen LogP contribution is -2.16. The minimum atomic E-state index is -0.321. The lowest BCUT2D eigenvalue weighted by atomic mass is 10.0. The Morgan fingerprint density at radius 2 is 2.00 bits per heavy atom. The van der Waals surface area contributed by atoms with E-state index >= 15 is 0 Å². The first-order valence-corrected chi connectivity index (χ1v) is 11.1. The number of carbonyl (C=O) groups is 1. The number of hydrogen-bond donors (Lipinski definition) is 3. The number of nitrogens with zero attached hydrogens (tertiary/aromatic N) is 1. The first-order valence-electron chi connectivity index (χ1n) is 10.2. The molecule has 0 saturated carbocycles. The first kappa shape index (κ1) is 21.6. The number of carbonyl (C=O) groups excluding carboxylic acids is 1. The average molecular weight is 449 g/mol. The molecule has 164 valence electrons. The number of aryl methyl sites for hydroxylation is 2. The van der Waals surface area contributed by atoms with Crippen molar-refractivity contribution in [1.82, 2.24) is 5.16 Å². The van der Waals surface area contributed by atoms with Gasteiger partial charge in [-0.05, 0) is 44.0 Å². The zero-order chi connectivity index (χ0) is 22.7. The highest BCUT2D eigenvalue weighted by atomic mass is 32.1. The monoisotopic (exact) mass is 448 g/mol. The van der Waals surface area contributed by atoms with E-state index in [4.69, 9.17) is 20.4 Å². The molecule has 0 aliphatic rings. The van der Waals surface area contributed by atoms with Crippen LogP contribution in [0.15, 0.2) is 59.1 Å². The van der Waals surface area contributed by atoms with Crippen LogP contribution in [0.2, 0.25) is 0 Å². The number of fused-ring (bicyclic) bond motifs is 1. The lowest BCUT2D eigenvalue weighted by Gasteiger charge is -2.20. The van der Waals surface area contributed by atoms with E-state index in [-0.39, 0.29) is 24.3 Å². The number of benzene rings is 2. The molecule has 8 heteroatoms. The molecule has 1 unspecified atom stereocenters. The van der Waals surface area contributed by atoms with Crippen molar-refractivity contribution in [3.63, 3.8) is 0 Å². The molecule has 2 heterocycles. The van der Waals surface area contributed by atoms with Gasteiger partial charge in [0.15, 0.2) is 5.76 Å². The smallest absolute Gasteiger partial charge is 0.224 e. The summed E-state index contributed by atoms with van der Waals surface area (Å²) in [5.41, 5.74) is 7.93. The third-order valence-corrected chi connectivity index (χ3v) is 6.29. The van der Waals surface area contributed by atoms with Gasteiger partial charge in [-0.25, -0.2) is 0 Å². The number of ether oxygens (including phenoxy) is 1. The van der Waals surface area contributed by atoms with Gasteiger partial charge in [-0.2, -0.15) is 0 Å². The van der Waals surface area contributed by atoms with Gasteiger partial charge in [-0.1, -0.05) is 41.6 Å². The van der Waals surface area contributed by atoms with Gasteiger partial charge in [0.2, 0.25) is 5.91 Å². The molecule has 0 saturated heterocycles.